The number of nitrogens with zero attached hydrogens (tertiary/aromatic N) is 4. The van der Waals surface area contributed by atoms with Gasteiger partial charge >= 0.3 is 0 Å². The van der Waals surface area contributed by atoms with Crippen molar-refractivity contribution in [1.82, 2.24) is 24.8 Å². The molecular weight excluding hydrogens is 406 g/mol. The van der Waals surface area contributed by atoms with Gasteiger partial charge in [0.25, 0.3) is 0 Å². The van der Waals surface area contributed by atoms with E-state index in [1.165, 1.54) is 7.11 Å². The number of benzene rings is 2. The number of imidazole rings is 1. The van der Waals surface area contributed by atoms with Gasteiger partial charge in [-0.2, -0.15) is 5.10 Å². The van der Waals surface area contributed by atoms with Crippen molar-refractivity contribution in [2.45, 2.75) is 6.23 Å². The molecule has 4 aromatic rings. The van der Waals surface area contributed by atoms with Crippen LogP contribution in [0.4, 0.5) is 0 Å². The van der Waals surface area contributed by atoms with Crippen LogP contribution in [0.25, 0.3) is 28.2 Å². The van der Waals surface area contributed by atoms with Gasteiger partial charge in [-0.05, 0) is 56.1 Å². The Bertz CT molecular complexity index is 1220. The standard InChI is InChI=1S/C24H27N5O3/c1-28(2)12-11-25-24(31)18-6-4-5-17(13-18)20-15-26-23-10-8-19(27-29(20)23)16-7-9-21(30)22(14-16)32-3/h4-10,13-15,24-25,30-31H,11-12H2,1-3H3/t24-/m1/s1. The topological polar surface area (TPSA) is 95.2 Å². The summed E-state index contributed by atoms with van der Waals surface area (Å²) >= 11 is 0. The number of phenols is 1. The SMILES string of the molecule is COc1cc(-c2ccc3ncc(-c4cccc([C@@H](O)NCCN(C)C)c4)n3n2)ccc1O. The quantitative estimate of drug-likeness (QED) is 0.368. The third kappa shape index (κ3) is 4.57. The number of aliphatic hydroxyl groups is 1. The normalized spacial score (nSPS) is 12.4. The molecule has 0 aliphatic carbocycles. The Balaban J connectivity index is 1.66. The van der Waals surface area contributed by atoms with Gasteiger partial charge in [-0.15, -0.1) is 0 Å². The van der Waals surface area contributed by atoms with E-state index in [0.717, 1.165) is 34.6 Å². The number of hydrogen-bond donors (Lipinski definition) is 3. The van der Waals surface area contributed by atoms with E-state index in [1.807, 2.05) is 50.5 Å². The number of aromatic hydroxyl groups is 1. The molecule has 0 aliphatic rings. The number of ether oxygens (including phenoxy) is 1. The molecule has 3 N–H and O–H groups in total. The molecule has 2 aromatic heterocycles. The summed E-state index contributed by atoms with van der Waals surface area (Å²) in [5.74, 6) is 0.467. The summed E-state index contributed by atoms with van der Waals surface area (Å²) in [7, 11) is 5.50. The van der Waals surface area contributed by atoms with Crippen LogP contribution in [0, 0.1) is 0 Å². The molecule has 2 heterocycles. The Morgan fingerprint density at radius 1 is 1.09 bits per heavy atom. The molecule has 0 fully saturated rings. The van der Waals surface area contributed by atoms with Crippen LogP contribution >= 0.6 is 0 Å². The second-order valence-electron chi connectivity index (χ2n) is 7.80. The fourth-order valence-corrected chi connectivity index (χ4v) is 3.47. The molecule has 166 valence electrons. The van der Waals surface area contributed by atoms with Crippen LogP contribution in [0.5, 0.6) is 11.5 Å². The number of hydrogen-bond acceptors (Lipinski definition) is 7. The van der Waals surface area contributed by atoms with Gasteiger partial charge in [-0.3, -0.25) is 5.32 Å². The summed E-state index contributed by atoms with van der Waals surface area (Å²) in [6, 6.07) is 16.6. The van der Waals surface area contributed by atoms with E-state index in [2.05, 4.69) is 15.2 Å². The zero-order chi connectivity index (χ0) is 22.7. The largest absolute Gasteiger partial charge is 0.504 e. The lowest BCUT2D eigenvalue weighted by Crippen LogP contribution is -2.29. The van der Waals surface area contributed by atoms with Crippen molar-refractivity contribution in [2.24, 2.45) is 0 Å². The zero-order valence-corrected chi connectivity index (χ0v) is 18.4. The van der Waals surface area contributed by atoms with Crippen LogP contribution in [0.1, 0.15) is 11.8 Å². The molecule has 0 spiro atoms. The molecule has 8 nitrogen and oxygen atoms in total. The third-order valence-corrected chi connectivity index (χ3v) is 5.23. The molecule has 0 amide bonds. The molecule has 2 aromatic carbocycles. The number of methoxy groups -OCH3 is 1. The first kappa shape index (κ1) is 21.8. The number of likely N-dealkylation sites (N-methyl/N-ethyl adjacent to an activating group) is 1. The van der Waals surface area contributed by atoms with Gasteiger partial charge < -0.3 is 19.8 Å². The molecule has 32 heavy (non-hydrogen) atoms. The van der Waals surface area contributed by atoms with E-state index in [-0.39, 0.29) is 5.75 Å². The van der Waals surface area contributed by atoms with Crippen molar-refractivity contribution in [2.75, 3.05) is 34.3 Å². The summed E-state index contributed by atoms with van der Waals surface area (Å²) in [5, 5.41) is 28.3. The molecule has 0 unspecified atom stereocenters. The molecular formula is C24H27N5O3. The summed E-state index contributed by atoms with van der Waals surface area (Å²) in [4.78, 5) is 6.53. The minimum absolute atomic E-state index is 0.0789. The van der Waals surface area contributed by atoms with Gasteiger partial charge in [0.2, 0.25) is 0 Å². The van der Waals surface area contributed by atoms with Gasteiger partial charge in [0, 0.05) is 24.2 Å². The van der Waals surface area contributed by atoms with Crippen LogP contribution in [-0.4, -0.2) is 64.0 Å². The van der Waals surface area contributed by atoms with E-state index in [1.54, 1.807) is 28.9 Å². The van der Waals surface area contributed by atoms with Crippen molar-refractivity contribution in [3.05, 3.63) is 66.4 Å². The average molecular weight is 434 g/mol. The lowest BCUT2D eigenvalue weighted by atomic mass is 10.1. The first-order valence-electron chi connectivity index (χ1n) is 10.3. The summed E-state index contributed by atoms with van der Waals surface area (Å²) in [5.41, 5.74) is 4.73. The van der Waals surface area contributed by atoms with Gasteiger partial charge in [0.1, 0.15) is 6.23 Å². The maximum Gasteiger partial charge on any atom is 0.161 e. The maximum absolute atomic E-state index is 10.5. The lowest BCUT2D eigenvalue weighted by molar-refractivity contribution is 0.136. The molecule has 4 rings (SSSR count). The maximum atomic E-state index is 10.5. The van der Waals surface area contributed by atoms with Crippen LogP contribution in [0.3, 0.4) is 0 Å². The van der Waals surface area contributed by atoms with Gasteiger partial charge in [-0.1, -0.05) is 18.2 Å². The second kappa shape index (κ2) is 9.35. The van der Waals surface area contributed by atoms with E-state index < -0.39 is 6.23 Å². The van der Waals surface area contributed by atoms with Gasteiger partial charge in [-0.25, -0.2) is 9.50 Å². The predicted octanol–water partition coefficient (Wildman–Crippen LogP) is 2.92. The molecule has 0 saturated heterocycles. The number of nitrogens with one attached hydrogen (secondary N) is 1. The fraction of sp³-hybridized carbons (Fsp3) is 0.250. The molecule has 0 saturated carbocycles. The van der Waals surface area contributed by atoms with Crippen molar-refractivity contribution >= 4 is 5.65 Å². The highest BCUT2D eigenvalue weighted by Gasteiger charge is 2.13. The smallest absolute Gasteiger partial charge is 0.161 e. The first-order chi connectivity index (χ1) is 15.5. The van der Waals surface area contributed by atoms with E-state index in [4.69, 9.17) is 9.84 Å². The molecule has 1 atom stereocenters. The highest BCUT2D eigenvalue weighted by Crippen LogP contribution is 2.31. The number of aliphatic hydroxyl groups excluding tert-OH is 1. The Morgan fingerprint density at radius 2 is 1.94 bits per heavy atom. The first-order valence-corrected chi connectivity index (χ1v) is 10.3. The van der Waals surface area contributed by atoms with E-state index in [0.29, 0.717) is 17.9 Å². The average Bonchev–Trinajstić information content (AvgIpc) is 3.22. The number of aromatic nitrogens is 3. The van der Waals surface area contributed by atoms with E-state index in [9.17, 15) is 10.2 Å². The zero-order valence-electron chi connectivity index (χ0n) is 18.4. The summed E-state index contributed by atoms with van der Waals surface area (Å²) in [6.45, 7) is 1.51. The van der Waals surface area contributed by atoms with Crippen molar-refractivity contribution in [3.63, 3.8) is 0 Å². The number of phenolic OH excluding ortho intramolecular Hbond substituents is 1. The molecule has 0 aliphatic heterocycles. The lowest BCUT2D eigenvalue weighted by Gasteiger charge is -2.16. The Hall–Kier alpha value is -3.46. The monoisotopic (exact) mass is 433 g/mol. The molecule has 8 heteroatoms. The predicted molar refractivity (Wildman–Crippen MR) is 124 cm³/mol. The third-order valence-electron chi connectivity index (χ3n) is 5.23. The van der Waals surface area contributed by atoms with Crippen LogP contribution in [0.15, 0.2) is 60.8 Å². The summed E-state index contributed by atoms with van der Waals surface area (Å²) < 4.78 is 7.00. The van der Waals surface area contributed by atoms with Crippen molar-refractivity contribution in [1.29, 1.82) is 0 Å². The fourth-order valence-electron chi connectivity index (χ4n) is 3.47. The number of fused-ring (bicyclic) bond motifs is 1. The second-order valence-corrected chi connectivity index (χ2v) is 7.80. The minimum Gasteiger partial charge on any atom is -0.504 e. The van der Waals surface area contributed by atoms with Crippen LogP contribution in [0.2, 0.25) is 0 Å². The van der Waals surface area contributed by atoms with Gasteiger partial charge in [0.05, 0.1) is 24.7 Å². The highest BCUT2D eigenvalue weighted by molar-refractivity contribution is 5.68. The number of rotatable bonds is 8. The van der Waals surface area contributed by atoms with Gasteiger partial charge in [0.15, 0.2) is 17.1 Å². The van der Waals surface area contributed by atoms with Crippen LogP contribution < -0.4 is 10.1 Å². The van der Waals surface area contributed by atoms with Crippen LogP contribution in [-0.2, 0) is 0 Å². The Morgan fingerprint density at radius 3 is 2.72 bits per heavy atom. The molecule has 0 radical (unpaired) electrons. The molecule has 0 bridgehead atoms. The Labute approximate surface area is 186 Å². The highest BCUT2D eigenvalue weighted by atomic mass is 16.5. The van der Waals surface area contributed by atoms with E-state index >= 15 is 0 Å². The van der Waals surface area contributed by atoms with Crippen molar-refractivity contribution < 1.29 is 14.9 Å². The summed E-state index contributed by atoms with van der Waals surface area (Å²) in [6.07, 6.45) is 1.01. The minimum atomic E-state index is -0.762. The van der Waals surface area contributed by atoms with Crippen molar-refractivity contribution in [3.8, 4) is 34.0 Å². The Kier molecular flexibility index (Phi) is 6.36.